The largest absolute Gasteiger partial charge is 0.497 e. The molecule has 126 valence electrons. The second kappa shape index (κ2) is 10.6. The Morgan fingerprint density at radius 1 is 1.30 bits per heavy atom. The molecule has 1 aromatic rings. The molecule has 0 saturated carbocycles. The number of aliphatic hydroxyl groups is 1. The Kier molecular flexibility index (Phi) is 8.72. The lowest BCUT2D eigenvalue weighted by atomic mass is 10.1. The fraction of sp³-hybridized carbons (Fsp3) is 0.389. The van der Waals surface area contributed by atoms with E-state index in [9.17, 15) is 9.90 Å². The molecule has 0 aliphatic rings. The van der Waals surface area contributed by atoms with Crippen LogP contribution in [0.15, 0.2) is 48.6 Å². The van der Waals surface area contributed by atoms with Crippen LogP contribution in [0.2, 0.25) is 0 Å². The third-order valence-corrected chi connectivity index (χ3v) is 3.11. The summed E-state index contributed by atoms with van der Waals surface area (Å²) in [7, 11) is 1.62. The van der Waals surface area contributed by atoms with Crippen molar-refractivity contribution in [2.45, 2.75) is 26.1 Å². The van der Waals surface area contributed by atoms with Crippen molar-refractivity contribution in [2.24, 2.45) is 0 Å². The molecule has 0 heterocycles. The highest BCUT2D eigenvalue weighted by Gasteiger charge is 2.07. The molecule has 1 N–H and O–H groups in total. The van der Waals surface area contributed by atoms with Crippen molar-refractivity contribution in [3.63, 3.8) is 0 Å². The SMILES string of the molecule is C=C(/C=C/C(=O)OCC)[C@H](O)CCOCc1ccc(OC)cc1. The van der Waals surface area contributed by atoms with E-state index in [1.165, 1.54) is 12.2 Å². The van der Waals surface area contributed by atoms with Gasteiger partial charge in [0.1, 0.15) is 5.75 Å². The zero-order valence-corrected chi connectivity index (χ0v) is 13.7. The minimum absolute atomic E-state index is 0.317. The van der Waals surface area contributed by atoms with Gasteiger partial charge in [-0.3, -0.25) is 0 Å². The summed E-state index contributed by atoms with van der Waals surface area (Å²) in [5, 5.41) is 9.93. The molecule has 0 aromatic heterocycles. The van der Waals surface area contributed by atoms with E-state index in [1.54, 1.807) is 14.0 Å². The highest BCUT2D eigenvalue weighted by Crippen LogP contribution is 2.12. The van der Waals surface area contributed by atoms with Gasteiger partial charge in [0.2, 0.25) is 0 Å². The van der Waals surface area contributed by atoms with Crippen LogP contribution in [0, 0.1) is 0 Å². The van der Waals surface area contributed by atoms with Crippen LogP contribution in [0.5, 0.6) is 5.75 Å². The van der Waals surface area contributed by atoms with Gasteiger partial charge in [-0.25, -0.2) is 4.79 Å². The molecule has 5 heteroatoms. The predicted octanol–water partition coefficient (Wildman–Crippen LogP) is 2.64. The van der Waals surface area contributed by atoms with Gasteiger partial charge in [-0.05, 0) is 36.3 Å². The topological polar surface area (TPSA) is 65.0 Å². The maximum atomic E-state index is 11.2. The lowest BCUT2D eigenvalue weighted by Crippen LogP contribution is -2.12. The molecule has 1 atom stereocenters. The molecule has 0 bridgehead atoms. The summed E-state index contributed by atoms with van der Waals surface area (Å²) in [6, 6.07) is 7.59. The van der Waals surface area contributed by atoms with Crippen LogP contribution in [0.3, 0.4) is 0 Å². The Bertz CT molecular complexity index is 519. The van der Waals surface area contributed by atoms with E-state index in [4.69, 9.17) is 14.2 Å². The van der Waals surface area contributed by atoms with Gasteiger partial charge >= 0.3 is 5.97 Å². The van der Waals surface area contributed by atoms with Crippen LogP contribution in [-0.4, -0.2) is 37.5 Å². The monoisotopic (exact) mass is 320 g/mol. The van der Waals surface area contributed by atoms with Crippen LogP contribution in [0.25, 0.3) is 0 Å². The van der Waals surface area contributed by atoms with Crippen LogP contribution >= 0.6 is 0 Å². The Balaban J connectivity index is 2.25. The Morgan fingerprint density at radius 3 is 2.61 bits per heavy atom. The third kappa shape index (κ3) is 7.63. The number of carbonyl (C=O) groups is 1. The summed E-state index contributed by atoms with van der Waals surface area (Å²) in [4.78, 5) is 11.2. The molecule has 1 rings (SSSR count). The molecule has 0 saturated heterocycles. The average molecular weight is 320 g/mol. The Hall–Kier alpha value is -2.11. The Labute approximate surface area is 137 Å². The van der Waals surface area contributed by atoms with Crippen molar-refractivity contribution in [3.8, 4) is 5.75 Å². The number of benzene rings is 1. The first kappa shape index (κ1) is 18.9. The minimum atomic E-state index is -0.753. The van der Waals surface area contributed by atoms with E-state index >= 15 is 0 Å². The zero-order chi connectivity index (χ0) is 17.1. The van der Waals surface area contributed by atoms with Crippen LogP contribution in [0.4, 0.5) is 0 Å². The van der Waals surface area contributed by atoms with Gasteiger partial charge in [0.05, 0.1) is 26.4 Å². The number of hydrogen-bond acceptors (Lipinski definition) is 5. The van der Waals surface area contributed by atoms with Crippen molar-refractivity contribution >= 4 is 5.97 Å². The number of ether oxygens (including phenoxy) is 3. The van der Waals surface area contributed by atoms with Crippen molar-refractivity contribution < 1.29 is 24.1 Å². The van der Waals surface area contributed by atoms with Gasteiger partial charge in [0.25, 0.3) is 0 Å². The molecule has 0 spiro atoms. The molecule has 0 aliphatic heterocycles. The number of esters is 1. The molecule has 0 radical (unpaired) electrons. The second-order valence-corrected chi connectivity index (χ2v) is 4.87. The quantitative estimate of drug-likeness (QED) is 0.311. The van der Waals surface area contributed by atoms with Gasteiger partial charge in [-0.15, -0.1) is 0 Å². The van der Waals surface area contributed by atoms with Gasteiger partial charge in [0, 0.05) is 19.1 Å². The summed E-state index contributed by atoms with van der Waals surface area (Å²) in [5.41, 5.74) is 1.48. The first-order chi connectivity index (χ1) is 11.1. The Morgan fingerprint density at radius 2 is 2.00 bits per heavy atom. The molecule has 0 aliphatic carbocycles. The van der Waals surface area contributed by atoms with Crippen molar-refractivity contribution in [3.05, 3.63) is 54.1 Å². The number of hydrogen-bond donors (Lipinski definition) is 1. The number of rotatable bonds is 10. The second-order valence-electron chi connectivity index (χ2n) is 4.87. The molecule has 1 aromatic carbocycles. The molecule has 0 amide bonds. The average Bonchev–Trinajstić information content (AvgIpc) is 2.57. The van der Waals surface area contributed by atoms with E-state index in [0.717, 1.165) is 11.3 Å². The number of methoxy groups -OCH3 is 1. The number of carbonyl (C=O) groups excluding carboxylic acids is 1. The van der Waals surface area contributed by atoms with Crippen LogP contribution in [-0.2, 0) is 20.9 Å². The summed E-state index contributed by atoms with van der Waals surface area (Å²) in [6.45, 7) is 6.63. The van der Waals surface area contributed by atoms with Crippen LogP contribution < -0.4 is 4.74 Å². The van der Waals surface area contributed by atoms with Crippen molar-refractivity contribution in [1.29, 1.82) is 0 Å². The van der Waals surface area contributed by atoms with E-state index in [1.807, 2.05) is 24.3 Å². The van der Waals surface area contributed by atoms with Crippen molar-refractivity contribution in [1.82, 2.24) is 0 Å². The van der Waals surface area contributed by atoms with E-state index in [0.29, 0.717) is 31.8 Å². The standard InChI is InChI=1S/C18H24O5/c1-4-23-18(20)10-5-14(2)17(19)11-12-22-13-15-6-8-16(21-3)9-7-15/h5-10,17,19H,2,4,11-13H2,1,3H3/b10-5+/t17-/m1/s1. The lowest BCUT2D eigenvalue weighted by molar-refractivity contribution is -0.137. The summed E-state index contributed by atoms with van der Waals surface area (Å²) in [5.74, 6) is 0.352. The molecular formula is C18H24O5. The van der Waals surface area contributed by atoms with Gasteiger partial charge < -0.3 is 19.3 Å². The minimum Gasteiger partial charge on any atom is -0.497 e. The molecule has 5 nitrogen and oxygen atoms in total. The first-order valence-electron chi connectivity index (χ1n) is 7.49. The maximum absolute atomic E-state index is 11.2. The van der Waals surface area contributed by atoms with E-state index in [-0.39, 0.29) is 0 Å². The highest BCUT2D eigenvalue weighted by molar-refractivity contribution is 5.82. The highest BCUT2D eigenvalue weighted by atomic mass is 16.5. The normalized spacial score (nSPS) is 12.1. The summed E-state index contributed by atoms with van der Waals surface area (Å²) >= 11 is 0. The fourth-order valence-electron chi connectivity index (χ4n) is 1.77. The predicted molar refractivity (Wildman–Crippen MR) is 88.2 cm³/mol. The van der Waals surface area contributed by atoms with E-state index in [2.05, 4.69) is 6.58 Å². The maximum Gasteiger partial charge on any atom is 0.330 e. The lowest BCUT2D eigenvalue weighted by Gasteiger charge is -2.11. The molecule has 0 fully saturated rings. The molecular weight excluding hydrogens is 296 g/mol. The molecule has 0 unspecified atom stereocenters. The smallest absolute Gasteiger partial charge is 0.330 e. The van der Waals surface area contributed by atoms with Crippen molar-refractivity contribution in [2.75, 3.05) is 20.3 Å². The molecule has 23 heavy (non-hydrogen) atoms. The third-order valence-electron chi connectivity index (χ3n) is 3.11. The first-order valence-corrected chi connectivity index (χ1v) is 7.49. The summed E-state index contributed by atoms with van der Waals surface area (Å²) < 4.78 is 15.4. The van der Waals surface area contributed by atoms with Gasteiger partial charge in [-0.1, -0.05) is 18.7 Å². The zero-order valence-electron chi connectivity index (χ0n) is 13.7. The van der Waals surface area contributed by atoms with Gasteiger partial charge in [0.15, 0.2) is 0 Å². The van der Waals surface area contributed by atoms with Gasteiger partial charge in [-0.2, -0.15) is 0 Å². The number of aliphatic hydroxyl groups excluding tert-OH is 1. The summed E-state index contributed by atoms with van der Waals surface area (Å²) in [6.07, 6.45) is 2.37. The fourth-order valence-corrected chi connectivity index (χ4v) is 1.77. The van der Waals surface area contributed by atoms with E-state index < -0.39 is 12.1 Å². The van der Waals surface area contributed by atoms with Crippen LogP contribution in [0.1, 0.15) is 18.9 Å².